The number of methoxy groups -OCH3 is 2. The minimum Gasteiger partial charge on any atom is -0.469 e. The van der Waals surface area contributed by atoms with Crippen molar-refractivity contribution < 1.29 is 19.1 Å². The van der Waals surface area contributed by atoms with Gasteiger partial charge in [-0.3, -0.25) is 9.59 Å². The quantitative estimate of drug-likeness (QED) is 0.549. The van der Waals surface area contributed by atoms with E-state index in [9.17, 15) is 9.59 Å². The summed E-state index contributed by atoms with van der Waals surface area (Å²) in [5, 5.41) is 0. The van der Waals surface area contributed by atoms with Crippen molar-refractivity contribution in [1.82, 2.24) is 0 Å². The van der Waals surface area contributed by atoms with Crippen LogP contribution in [0.1, 0.15) is 12.8 Å². The van der Waals surface area contributed by atoms with Gasteiger partial charge in [-0.25, -0.2) is 0 Å². The van der Waals surface area contributed by atoms with Crippen LogP contribution in [0.25, 0.3) is 0 Å². The van der Waals surface area contributed by atoms with Crippen LogP contribution >= 0.6 is 0 Å². The van der Waals surface area contributed by atoms with Crippen LogP contribution in [-0.2, 0) is 19.1 Å². The molecule has 2 fully saturated rings. The molecule has 0 aromatic heterocycles. The normalized spacial score (nSPS) is 43.9. The van der Waals surface area contributed by atoms with Crippen LogP contribution in [0.3, 0.4) is 0 Å². The molecular weight excluding hydrogens is 232 g/mol. The van der Waals surface area contributed by atoms with Gasteiger partial charge in [0.15, 0.2) is 0 Å². The van der Waals surface area contributed by atoms with Crippen LogP contribution in [0.5, 0.6) is 0 Å². The number of hydrogen-bond donors (Lipinski definition) is 0. The number of carbonyl (C=O) groups excluding carboxylic acids is 2. The molecule has 0 amide bonds. The van der Waals surface area contributed by atoms with E-state index in [1.54, 1.807) is 0 Å². The van der Waals surface area contributed by atoms with E-state index in [4.69, 9.17) is 9.47 Å². The molecular formula is C14H18O4. The summed E-state index contributed by atoms with van der Waals surface area (Å²) in [5.74, 6) is 0.203. The largest absolute Gasteiger partial charge is 0.469 e. The van der Waals surface area contributed by atoms with E-state index in [0.717, 1.165) is 12.8 Å². The van der Waals surface area contributed by atoms with Gasteiger partial charge in [0.05, 0.1) is 26.1 Å². The van der Waals surface area contributed by atoms with Gasteiger partial charge in [0.25, 0.3) is 0 Å². The molecule has 0 aliphatic heterocycles. The Bertz CT molecular complexity index is 376. The second-order valence-electron chi connectivity index (χ2n) is 5.54. The van der Waals surface area contributed by atoms with Gasteiger partial charge in [-0.05, 0) is 36.5 Å². The molecule has 0 spiro atoms. The van der Waals surface area contributed by atoms with Crippen LogP contribution in [0.2, 0.25) is 0 Å². The lowest BCUT2D eigenvalue weighted by atomic mass is 9.46. The Morgan fingerprint density at radius 3 is 1.56 bits per heavy atom. The second-order valence-corrected chi connectivity index (χ2v) is 5.54. The lowest BCUT2D eigenvalue weighted by Crippen LogP contribution is -2.57. The highest BCUT2D eigenvalue weighted by molar-refractivity contribution is 5.84. The number of hydrogen-bond acceptors (Lipinski definition) is 4. The fourth-order valence-electron chi connectivity index (χ4n) is 4.18. The standard InChI is InChI=1S/C14H18O4/c1-17-13(15)11-9-5-6-10(8-4-3-7(8)9)12(11)14(16)18-2/h5-12H,3-4H2,1-2H3/t7-,8-,9-,10+,11-,12-/m0/s1. The third kappa shape index (κ3) is 1.38. The van der Waals surface area contributed by atoms with Crippen LogP contribution in [0, 0.1) is 35.5 Å². The van der Waals surface area contributed by atoms with Crippen LogP contribution in [0.15, 0.2) is 12.2 Å². The Labute approximate surface area is 106 Å². The first kappa shape index (κ1) is 11.8. The number of ether oxygens (including phenoxy) is 2. The zero-order chi connectivity index (χ0) is 12.9. The van der Waals surface area contributed by atoms with E-state index in [2.05, 4.69) is 12.2 Å². The third-order valence-corrected chi connectivity index (χ3v) is 5.09. The van der Waals surface area contributed by atoms with Crippen molar-refractivity contribution in [2.24, 2.45) is 35.5 Å². The number of esters is 2. The van der Waals surface area contributed by atoms with Gasteiger partial charge in [-0.1, -0.05) is 12.2 Å². The number of rotatable bonds is 2. The van der Waals surface area contributed by atoms with E-state index >= 15 is 0 Å². The van der Waals surface area contributed by atoms with Gasteiger partial charge in [-0.2, -0.15) is 0 Å². The number of carbonyl (C=O) groups is 2. The molecule has 6 atom stereocenters. The lowest BCUT2D eigenvalue weighted by molar-refractivity contribution is -0.174. The van der Waals surface area contributed by atoms with Crippen molar-refractivity contribution in [2.75, 3.05) is 14.2 Å². The van der Waals surface area contributed by atoms with Crippen LogP contribution in [-0.4, -0.2) is 26.2 Å². The molecule has 4 aliphatic rings. The van der Waals surface area contributed by atoms with Crippen molar-refractivity contribution in [1.29, 1.82) is 0 Å². The van der Waals surface area contributed by atoms with Crippen LogP contribution < -0.4 is 0 Å². The Kier molecular flexibility index (Phi) is 2.68. The van der Waals surface area contributed by atoms with E-state index in [0.29, 0.717) is 11.8 Å². The molecule has 4 aliphatic carbocycles. The second kappa shape index (κ2) is 4.11. The minimum atomic E-state index is -0.348. The monoisotopic (exact) mass is 250 g/mol. The molecule has 4 heteroatoms. The molecule has 4 rings (SSSR count). The summed E-state index contributed by atoms with van der Waals surface area (Å²) in [6.45, 7) is 0. The molecule has 18 heavy (non-hydrogen) atoms. The molecule has 0 saturated heterocycles. The molecule has 2 saturated carbocycles. The predicted molar refractivity (Wildman–Crippen MR) is 63.3 cm³/mol. The van der Waals surface area contributed by atoms with Gasteiger partial charge in [0.1, 0.15) is 0 Å². The molecule has 4 nitrogen and oxygen atoms in total. The molecule has 0 radical (unpaired) electrons. The predicted octanol–water partition coefficient (Wildman–Crippen LogP) is 1.41. The zero-order valence-electron chi connectivity index (χ0n) is 10.7. The van der Waals surface area contributed by atoms with Gasteiger partial charge in [0, 0.05) is 0 Å². The highest BCUT2D eigenvalue weighted by Crippen LogP contribution is 2.59. The first-order chi connectivity index (χ1) is 8.69. The van der Waals surface area contributed by atoms with Gasteiger partial charge in [0.2, 0.25) is 0 Å². The van der Waals surface area contributed by atoms with E-state index in [1.165, 1.54) is 14.2 Å². The molecule has 0 aromatic rings. The molecule has 0 heterocycles. The number of fused-ring (bicyclic) bond motifs is 1. The highest BCUT2D eigenvalue weighted by atomic mass is 16.5. The first-order valence-electron chi connectivity index (χ1n) is 6.53. The average molecular weight is 250 g/mol. The van der Waals surface area contributed by atoms with Gasteiger partial charge < -0.3 is 9.47 Å². The van der Waals surface area contributed by atoms with Gasteiger partial charge >= 0.3 is 11.9 Å². The maximum Gasteiger partial charge on any atom is 0.310 e. The maximum atomic E-state index is 12.0. The highest BCUT2D eigenvalue weighted by Gasteiger charge is 2.59. The number of allylic oxidation sites excluding steroid dienone is 2. The summed E-state index contributed by atoms with van der Waals surface area (Å²) in [7, 11) is 2.78. The maximum absolute atomic E-state index is 12.0. The molecule has 0 unspecified atom stereocenters. The summed E-state index contributed by atoms with van der Waals surface area (Å²) in [6.07, 6.45) is 6.56. The van der Waals surface area contributed by atoms with Crippen molar-refractivity contribution in [3.05, 3.63) is 12.2 Å². The summed E-state index contributed by atoms with van der Waals surface area (Å²) >= 11 is 0. The minimum absolute atomic E-state index is 0.158. The topological polar surface area (TPSA) is 52.6 Å². The molecule has 98 valence electrons. The smallest absolute Gasteiger partial charge is 0.310 e. The molecule has 0 aromatic carbocycles. The lowest BCUT2D eigenvalue weighted by Gasteiger charge is -2.57. The SMILES string of the molecule is COC(=O)[C@H]1[C@@H]2C=C[C@@H]([C@H]3CC[C@H]23)[C@@H]1C(=O)OC. The molecule has 2 bridgehead atoms. The fourth-order valence-corrected chi connectivity index (χ4v) is 4.18. The summed E-state index contributed by atoms with van der Waals surface area (Å²) in [4.78, 5) is 24.0. The average Bonchev–Trinajstić information content (AvgIpc) is 2.35. The van der Waals surface area contributed by atoms with Crippen molar-refractivity contribution in [2.45, 2.75) is 12.8 Å². The summed E-state index contributed by atoms with van der Waals surface area (Å²) in [5.41, 5.74) is 0. The Morgan fingerprint density at radius 2 is 1.28 bits per heavy atom. The first-order valence-corrected chi connectivity index (χ1v) is 6.53. The summed E-state index contributed by atoms with van der Waals surface area (Å²) < 4.78 is 9.79. The van der Waals surface area contributed by atoms with E-state index in [-0.39, 0.29) is 35.6 Å². The third-order valence-electron chi connectivity index (χ3n) is 5.09. The summed E-state index contributed by atoms with van der Waals surface area (Å²) in [6, 6.07) is 0. The van der Waals surface area contributed by atoms with Crippen molar-refractivity contribution in [3.63, 3.8) is 0 Å². The van der Waals surface area contributed by atoms with Crippen molar-refractivity contribution >= 4 is 11.9 Å². The van der Waals surface area contributed by atoms with Crippen LogP contribution in [0.4, 0.5) is 0 Å². The van der Waals surface area contributed by atoms with E-state index in [1.807, 2.05) is 0 Å². The van der Waals surface area contributed by atoms with E-state index < -0.39 is 0 Å². The Hall–Kier alpha value is -1.32. The zero-order valence-corrected chi connectivity index (χ0v) is 10.7. The Balaban J connectivity index is 1.97. The van der Waals surface area contributed by atoms with Crippen molar-refractivity contribution in [3.8, 4) is 0 Å². The van der Waals surface area contributed by atoms with Gasteiger partial charge in [-0.15, -0.1) is 0 Å². The fraction of sp³-hybridized carbons (Fsp3) is 0.714. The molecule has 0 N–H and O–H groups in total. The Morgan fingerprint density at radius 1 is 0.889 bits per heavy atom.